The fraction of sp³-hybridized carbons (Fsp3) is 0.250. The summed E-state index contributed by atoms with van der Waals surface area (Å²) in [5.41, 5.74) is 0.561. The number of ether oxygens (including phenoxy) is 1. The molecule has 1 heterocycles. The highest BCUT2D eigenvalue weighted by Gasteiger charge is 2.25. The summed E-state index contributed by atoms with van der Waals surface area (Å²) in [5, 5.41) is 8.04. The number of rotatable bonds is 4. The minimum atomic E-state index is -0.681. The Morgan fingerprint density at radius 1 is 1.07 bits per heavy atom. The SMILES string of the molecule is CC(C)(C)OC(=O)N(Cc1nnc(-c2ccccc2)o1)c1ccc(F)cc1. The van der Waals surface area contributed by atoms with Gasteiger partial charge >= 0.3 is 6.09 Å². The lowest BCUT2D eigenvalue weighted by molar-refractivity contribution is 0.0574. The van der Waals surface area contributed by atoms with Gasteiger partial charge in [-0.1, -0.05) is 18.2 Å². The van der Waals surface area contributed by atoms with Crippen LogP contribution < -0.4 is 4.90 Å². The first-order valence-corrected chi connectivity index (χ1v) is 8.46. The summed E-state index contributed by atoms with van der Waals surface area (Å²) in [4.78, 5) is 14.0. The molecule has 0 unspecified atom stereocenters. The molecule has 0 aliphatic carbocycles. The summed E-state index contributed by atoms with van der Waals surface area (Å²) < 4.78 is 24.4. The molecule has 7 heteroatoms. The number of aromatic nitrogens is 2. The van der Waals surface area contributed by atoms with Crippen molar-refractivity contribution in [2.24, 2.45) is 0 Å². The molecule has 2 aromatic carbocycles. The Hall–Kier alpha value is -3.22. The van der Waals surface area contributed by atoms with Crippen LogP contribution in [0.25, 0.3) is 11.5 Å². The molecular formula is C20H20FN3O3. The normalized spacial score (nSPS) is 11.3. The number of carbonyl (C=O) groups excluding carboxylic acids is 1. The lowest BCUT2D eigenvalue weighted by atomic mass is 10.2. The monoisotopic (exact) mass is 369 g/mol. The Labute approximate surface area is 156 Å². The van der Waals surface area contributed by atoms with Crippen molar-refractivity contribution in [2.45, 2.75) is 32.9 Å². The third-order valence-corrected chi connectivity index (χ3v) is 3.53. The third kappa shape index (κ3) is 4.91. The Bertz CT molecular complexity index is 902. The maximum absolute atomic E-state index is 13.3. The first kappa shape index (κ1) is 18.6. The minimum Gasteiger partial charge on any atom is -0.443 e. The Balaban J connectivity index is 1.86. The van der Waals surface area contributed by atoms with Crippen molar-refractivity contribution >= 4 is 11.8 Å². The molecule has 0 saturated heterocycles. The smallest absolute Gasteiger partial charge is 0.415 e. The molecule has 1 aromatic heterocycles. The zero-order valence-corrected chi connectivity index (χ0v) is 15.3. The van der Waals surface area contributed by atoms with Gasteiger partial charge < -0.3 is 9.15 Å². The molecule has 0 N–H and O–H groups in total. The number of anilines is 1. The van der Waals surface area contributed by atoms with E-state index in [1.165, 1.54) is 29.2 Å². The molecule has 0 atom stereocenters. The maximum Gasteiger partial charge on any atom is 0.415 e. The van der Waals surface area contributed by atoms with E-state index in [-0.39, 0.29) is 12.4 Å². The van der Waals surface area contributed by atoms with Crippen LogP contribution in [0, 0.1) is 5.82 Å². The largest absolute Gasteiger partial charge is 0.443 e. The topological polar surface area (TPSA) is 68.5 Å². The van der Waals surface area contributed by atoms with E-state index in [9.17, 15) is 9.18 Å². The highest BCUT2D eigenvalue weighted by molar-refractivity contribution is 5.87. The van der Waals surface area contributed by atoms with Gasteiger partial charge in [0.1, 0.15) is 18.0 Å². The number of amides is 1. The summed E-state index contributed by atoms with van der Waals surface area (Å²) in [6, 6.07) is 14.9. The van der Waals surface area contributed by atoms with Gasteiger partial charge in [-0.25, -0.2) is 9.18 Å². The molecule has 0 aliphatic heterocycles. The van der Waals surface area contributed by atoms with E-state index in [1.807, 2.05) is 30.3 Å². The summed E-state index contributed by atoms with van der Waals surface area (Å²) >= 11 is 0. The molecule has 3 aromatic rings. The van der Waals surface area contributed by atoms with Crippen LogP contribution in [-0.4, -0.2) is 21.9 Å². The lowest BCUT2D eigenvalue weighted by Gasteiger charge is -2.26. The molecule has 0 fully saturated rings. The van der Waals surface area contributed by atoms with E-state index in [1.54, 1.807) is 20.8 Å². The van der Waals surface area contributed by atoms with Crippen molar-refractivity contribution < 1.29 is 18.3 Å². The van der Waals surface area contributed by atoms with Gasteiger partial charge in [-0.15, -0.1) is 10.2 Å². The van der Waals surface area contributed by atoms with Gasteiger partial charge in [-0.2, -0.15) is 0 Å². The van der Waals surface area contributed by atoms with Crippen LogP contribution in [0.4, 0.5) is 14.9 Å². The Morgan fingerprint density at radius 2 is 1.74 bits per heavy atom. The van der Waals surface area contributed by atoms with Gasteiger partial charge in [-0.3, -0.25) is 4.90 Å². The van der Waals surface area contributed by atoms with Gasteiger partial charge in [0.25, 0.3) is 0 Å². The van der Waals surface area contributed by atoms with E-state index < -0.39 is 17.5 Å². The molecule has 27 heavy (non-hydrogen) atoms. The van der Waals surface area contributed by atoms with Crippen molar-refractivity contribution in [3.8, 4) is 11.5 Å². The van der Waals surface area contributed by atoms with Crippen LogP contribution >= 0.6 is 0 Å². The van der Waals surface area contributed by atoms with Gasteiger partial charge in [-0.05, 0) is 57.2 Å². The van der Waals surface area contributed by atoms with E-state index in [0.717, 1.165) is 5.56 Å². The quantitative estimate of drug-likeness (QED) is 0.660. The fourth-order valence-electron chi connectivity index (χ4n) is 2.35. The molecule has 0 saturated carbocycles. The zero-order chi connectivity index (χ0) is 19.4. The highest BCUT2D eigenvalue weighted by atomic mass is 19.1. The van der Waals surface area contributed by atoms with Crippen LogP contribution in [-0.2, 0) is 11.3 Å². The summed E-state index contributed by atoms with van der Waals surface area (Å²) in [7, 11) is 0. The van der Waals surface area contributed by atoms with E-state index >= 15 is 0 Å². The van der Waals surface area contributed by atoms with Crippen LogP contribution in [0.3, 0.4) is 0 Å². The molecule has 6 nitrogen and oxygen atoms in total. The number of nitrogens with zero attached hydrogens (tertiary/aromatic N) is 3. The van der Waals surface area contributed by atoms with E-state index in [4.69, 9.17) is 9.15 Å². The van der Waals surface area contributed by atoms with Crippen molar-refractivity contribution in [3.63, 3.8) is 0 Å². The second kappa shape index (κ2) is 7.57. The van der Waals surface area contributed by atoms with Gasteiger partial charge in [0.05, 0.1) is 0 Å². The molecule has 140 valence electrons. The van der Waals surface area contributed by atoms with Crippen molar-refractivity contribution in [1.29, 1.82) is 0 Å². The molecule has 0 aliphatic rings. The summed E-state index contributed by atoms with van der Waals surface area (Å²) in [5.74, 6) is 0.199. The van der Waals surface area contributed by atoms with Crippen molar-refractivity contribution in [3.05, 3.63) is 66.3 Å². The second-order valence-electron chi connectivity index (χ2n) is 6.91. The number of halogens is 1. The molecule has 1 amide bonds. The van der Waals surface area contributed by atoms with Crippen LogP contribution in [0.15, 0.2) is 59.0 Å². The fourth-order valence-corrected chi connectivity index (χ4v) is 2.35. The molecule has 3 rings (SSSR count). The summed E-state index contributed by atoms with van der Waals surface area (Å²) in [6.07, 6.45) is -0.589. The zero-order valence-electron chi connectivity index (χ0n) is 15.3. The van der Waals surface area contributed by atoms with Crippen LogP contribution in [0.2, 0.25) is 0 Å². The molecule has 0 spiro atoms. The highest BCUT2D eigenvalue weighted by Crippen LogP contribution is 2.23. The van der Waals surface area contributed by atoms with E-state index in [0.29, 0.717) is 11.6 Å². The maximum atomic E-state index is 13.3. The number of hydrogen-bond donors (Lipinski definition) is 0. The predicted molar refractivity (Wildman–Crippen MR) is 98.6 cm³/mol. The standard InChI is InChI=1S/C20H20FN3O3/c1-20(2,3)27-19(25)24(16-11-9-15(21)10-12-16)13-17-22-23-18(26-17)14-7-5-4-6-8-14/h4-12H,13H2,1-3H3. The molecule has 0 bridgehead atoms. The van der Waals surface area contributed by atoms with Crippen molar-refractivity contribution in [2.75, 3.05) is 4.90 Å². The Kier molecular flexibility index (Phi) is 5.21. The molecular weight excluding hydrogens is 349 g/mol. The predicted octanol–water partition coefficient (Wildman–Crippen LogP) is 4.82. The minimum absolute atomic E-state index is 0.000376. The van der Waals surface area contributed by atoms with Crippen molar-refractivity contribution in [1.82, 2.24) is 10.2 Å². The van der Waals surface area contributed by atoms with E-state index in [2.05, 4.69) is 10.2 Å². The first-order valence-electron chi connectivity index (χ1n) is 8.46. The summed E-state index contributed by atoms with van der Waals surface area (Å²) in [6.45, 7) is 5.32. The molecule has 0 radical (unpaired) electrons. The average Bonchev–Trinajstić information content (AvgIpc) is 3.09. The van der Waals surface area contributed by atoms with Crippen LogP contribution in [0.5, 0.6) is 0 Å². The van der Waals surface area contributed by atoms with Gasteiger partial charge in [0, 0.05) is 11.3 Å². The lowest BCUT2D eigenvalue weighted by Crippen LogP contribution is -2.36. The average molecular weight is 369 g/mol. The number of hydrogen-bond acceptors (Lipinski definition) is 5. The number of benzene rings is 2. The second-order valence-corrected chi connectivity index (χ2v) is 6.91. The van der Waals surface area contributed by atoms with Crippen LogP contribution in [0.1, 0.15) is 26.7 Å². The first-order chi connectivity index (χ1) is 12.8. The van der Waals surface area contributed by atoms with Gasteiger partial charge in [0.2, 0.25) is 11.8 Å². The van der Waals surface area contributed by atoms with Gasteiger partial charge in [0.15, 0.2) is 0 Å². The Morgan fingerprint density at radius 3 is 2.37 bits per heavy atom. The third-order valence-electron chi connectivity index (χ3n) is 3.53. The number of carbonyl (C=O) groups is 1.